The molecule has 0 bridgehead atoms. The summed E-state index contributed by atoms with van der Waals surface area (Å²) in [7, 11) is 1.53. The van der Waals surface area contributed by atoms with E-state index in [1.807, 2.05) is 30.9 Å². The average Bonchev–Trinajstić information content (AvgIpc) is 2.50. The van der Waals surface area contributed by atoms with Gasteiger partial charge in [0.25, 0.3) is 0 Å². The Hall–Kier alpha value is -1.91. The first kappa shape index (κ1) is 16.1. The lowest BCUT2D eigenvalue weighted by molar-refractivity contribution is -0.129. The number of phenolic OH excluding ortho intramolecular Hbond substituents is 1. The first-order valence-electron chi connectivity index (χ1n) is 6.99. The van der Waals surface area contributed by atoms with Crippen molar-refractivity contribution in [3.8, 4) is 11.5 Å². The summed E-state index contributed by atoms with van der Waals surface area (Å²) < 4.78 is 5.09. The second-order valence-corrected chi connectivity index (χ2v) is 4.35. The van der Waals surface area contributed by atoms with E-state index in [0.29, 0.717) is 5.75 Å². The quantitative estimate of drug-likeness (QED) is 0.901. The molecule has 0 aromatic heterocycles. The molecule has 1 fully saturated rings. The van der Waals surface area contributed by atoms with Crippen molar-refractivity contribution in [2.24, 2.45) is 0 Å². The second-order valence-electron chi connectivity index (χ2n) is 4.35. The fraction of sp³-hybridized carbons (Fsp3) is 0.533. The SMILES string of the molecule is CC.COc1cc(N2CCN(C(C)=O)CC2)ccc1O. The predicted octanol–water partition coefficient (Wildman–Crippen LogP) is 2.10. The van der Waals surface area contributed by atoms with E-state index in [0.717, 1.165) is 31.9 Å². The Bertz CT molecular complexity index is 441. The Labute approximate surface area is 120 Å². The fourth-order valence-corrected chi connectivity index (χ4v) is 2.14. The Morgan fingerprint density at radius 1 is 1.20 bits per heavy atom. The van der Waals surface area contributed by atoms with Gasteiger partial charge in [-0.05, 0) is 12.1 Å². The first-order chi connectivity index (χ1) is 9.61. The van der Waals surface area contributed by atoms with Crippen LogP contribution in [0.1, 0.15) is 20.8 Å². The Morgan fingerprint density at radius 2 is 1.80 bits per heavy atom. The van der Waals surface area contributed by atoms with E-state index in [2.05, 4.69) is 4.90 Å². The lowest BCUT2D eigenvalue weighted by Crippen LogP contribution is -2.48. The number of carbonyl (C=O) groups excluding carboxylic acids is 1. The molecule has 0 spiro atoms. The Balaban J connectivity index is 0.000000956. The van der Waals surface area contributed by atoms with Gasteiger partial charge in [0.2, 0.25) is 5.91 Å². The van der Waals surface area contributed by atoms with Crippen LogP contribution in [0, 0.1) is 0 Å². The van der Waals surface area contributed by atoms with Crippen molar-refractivity contribution in [2.75, 3.05) is 38.2 Å². The maximum atomic E-state index is 11.2. The van der Waals surface area contributed by atoms with Crippen molar-refractivity contribution in [2.45, 2.75) is 20.8 Å². The number of phenols is 1. The second kappa shape index (κ2) is 7.62. The molecule has 5 heteroatoms. The lowest BCUT2D eigenvalue weighted by Gasteiger charge is -2.35. The standard InChI is InChI=1S/C13H18N2O3.C2H6/c1-10(16)14-5-7-15(8-6-14)11-3-4-12(17)13(9-11)18-2;1-2/h3-4,9,17H,5-8H2,1-2H3;1-2H3. The van der Waals surface area contributed by atoms with Gasteiger partial charge in [-0.1, -0.05) is 13.8 Å². The smallest absolute Gasteiger partial charge is 0.219 e. The molecule has 0 atom stereocenters. The van der Waals surface area contributed by atoms with Crippen LogP contribution in [0.15, 0.2) is 18.2 Å². The molecule has 2 rings (SSSR count). The molecule has 1 aliphatic rings. The molecule has 0 unspecified atom stereocenters. The van der Waals surface area contributed by atoms with Gasteiger partial charge in [0.1, 0.15) is 0 Å². The van der Waals surface area contributed by atoms with Crippen molar-refractivity contribution in [3.05, 3.63) is 18.2 Å². The molecule has 5 nitrogen and oxygen atoms in total. The van der Waals surface area contributed by atoms with Crippen molar-refractivity contribution in [1.29, 1.82) is 0 Å². The molecular formula is C15H24N2O3. The van der Waals surface area contributed by atoms with Gasteiger partial charge in [0.05, 0.1) is 7.11 Å². The Kier molecular flexibility index (Phi) is 6.15. The molecular weight excluding hydrogens is 256 g/mol. The third kappa shape index (κ3) is 3.79. The number of methoxy groups -OCH3 is 1. The number of nitrogens with zero attached hydrogens (tertiary/aromatic N) is 2. The van der Waals surface area contributed by atoms with E-state index in [-0.39, 0.29) is 11.7 Å². The number of ether oxygens (including phenoxy) is 1. The highest BCUT2D eigenvalue weighted by molar-refractivity contribution is 5.73. The van der Waals surface area contributed by atoms with Crippen LogP contribution < -0.4 is 9.64 Å². The van der Waals surface area contributed by atoms with Gasteiger partial charge in [-0.15, -0.1) is 0 Å². The maximum absolute atomic E-state index is 11.2. The third-order valence-electron chi connectivity index (χ3n) is 3.25. The van der Waals surface area contributed by atoms with E-state index in [4.69, 9.17) is 4.74 Å². The zero-order valence-electron chi connectivity index (χ0n) is 12.7. The van der Waals surface area contributed by atoms with Gasteiger partial charge in [0.15, 0.2) is 11.5 Å². The van der Waals surface area contributed by atoms with Crippen LogP contribution in [-0.4, -0.2) is 49.2 Å². The molecule has 1 aliphatic heterocycles. The Morgan fingerprint density at radius 3 is 2.30 bits per heavy atom. The molecule has 0 saturated carbocycles. The van der Waals surface area contributed by atoms with E-state index in [1.54, 1.807) is 13.0 Å². The van der Waals surface area contributed by atoms with Crippen LogP contribution in [0.3, 0.4) is 0 Å². The first-order valence-corrected chi connectivity index (χ1v) is 6.99. The summed E-state index contributed by atoms with van der Waals surface area (Å²) >= 11 is 0. The van der Waals surface area contributed by atoms with Crippen LogP contribution >= 0.6 is 0 Å². The molecule has 1 N–H and O–H groups in total. The molecule has 0 aliphatic carbocycles. The van der Waals surface area contributed by atoms with E-state index in [9.17, 15) is 9.90 Å². The largest absolute Gasteiger partial charge is 0.504 e. The summed E-state index contributed by atoms with van der Waals surface area (Å²) in [5, 5.41) is 9.55. The summed E-state index contributed by atoms with van der Waals surface area (Å²) in [6.45, 7) is 8.66. The van der Waals surface area contributed by atoms with E-state index in [1.165, 1.54) is 7.11 Å². The number of aromatic hydroxyl groups is 1. The maximum Gasteiger partial charge on any atom is 0.219 e. The fourth-order valence-electron chi connectivity index (χ4n) is 2.14. The molecule has 112 valence electrons. The van der Waals surface area contributed by atoms with E-state index >= 15 is 0 Å². The number of piperazine rings is 1. The van der Waals surface area contributed by atoms with Crippen molar-refractivity contribution in [1.82, 2.24) is 4.90 Å². The van der Waals surface area contributed by atoms with Gasteiger partial charge < -0.3 is 19.6 Å². The number of benzene rings is 1. The van der Waals surface area contributed by atoms with Crippen LogP contribution in [0.5, 0.6) is 11.5 Å². The van der Waals surface area contributed by atoms with Gasteiger partial charge in [-0.25, -0.2) is 0 Å². The van der Waals surface area contributed by atoms with Gasteiger partial charge in [-0.2, -0.15) is 0 Å². The van der Waals surface area contributed by atoms with Crippen LogP contribution in [0.2, 0.25) is 0 Å². The average molecular weight is 280 g/mol. The summed E-state index contributed by atoms with van der Waals surface area (Å²) in [5.74, 6) is 0.739. The molecule has 1 aromatic carbocycles. The van der Waals surface area contributed by atoms with Crippen molar-refractivity contribution < 1.29 is 14.6 Å². The molecule has 1 heterocycles. The van der Waals surface area contributed by atoms with Crippen molar-refractivity contribution >= 4 is 11.6 Å². The van der Waals surface area contributed by atoms with Gasteiger partial charge in [-0.3, -0.25) is 4.79 Å². The number of rotatable bonds is 2. The monoisotopic (exact) mass is 280 g/mol. The minimum Gasteiger partial charge on any atom is -0.504 e. The summed E-state index contributed by atoms with van der Waals surface area (Å²) in [4.78, 5) is 15.3. The molecule has 0 radical (unpaired) electrons. The minimum atomic E-state index is 0.123. The van der Waals surface area contributed by atoms with Gasteiger partial charge >= 0.3 is 0 Å². The van der Waals surface area contributed by atoms with Crippen LogP contribution in [0.25, 0.3) is 0 Å². The predicted molar refractivity (Wildman–Crippen MR) is 80.5 cm³/mol. The summed E-state index contributed by atoms with van der Waals surface area (Å²) in [6, 6.07) is 5.31. The summed E-state index contributed by atoms with van der Waals surface area (Å²) in [6.07, 6.45) is 0. The zero-order valence-corrected chi connectivity index (χ0v) is 12.7. The number of anilines is 1. The number of hydrogen-bond donors (Lipinski definition) is 1. The highest BCUT2D eigenvalue weighted by Gasteiger charge is 2.19. The van der Waals surface area contributed by atoms with Crippen LogP contribution in [0.4, 0.5) is 5.69 Å². The summed E-state index contributed by atoms with van der Waals surface area (Å²) in [5.41, 5.74) is 1.01. The molecule has 1 aromatic rings. The number of amides is 1. The molecule has 1 amide bonds. The molecule has 20 heavy (non-hydrogen) atoms. The van der Waals surface area contributed by atoms with Crippen molar-refractivity contribution in [3.63, 3.8) is 0 Å². The topological polar surface area (TPSA) is 53.0 Å². The van der Waals surface area contributed by atoms with Gasteiger partial charge in [0, 0.05) is 44.9 Å². The highest BCUT2D eigenvalue weighted by Crippen LogP contribution is 2.30. The lowest BCUT2D eigenvalue weighted by atomic mass is 10.2. The zero-order chi connectivity index (χ0) is 15.1. The number of hydrogen-bond acceptors (Lipinski definition) is 4. The van der Waals surface area contributed by atoms with E-state index < -0.39 is 0 Å². The normalized spacial score (nSPS) is 14.4. The third-order valence-corrected chi connectivity index (χ3v) is 3.25. The minimum absolute atomic E-state index is 0.123. The molecule has 1 saturated heterocycles. The highest BCUT2D eigenvalue weighted by atomic mass is 16.5. The van der Waals surface area contributed by atoms with Crippen LogP contribution in [-0.2, 0) is 4.79 Å². The number of carbonyl (C=O) groups is 1.